The Labute approximate surface area is 122 Å². The topological polar surface area (TPSA) is 29.1 Å². The summed E-state index contributed by atoms with van der Waals surface area (Å²) in [5.74, 6) is 0.516. The van der Waals surface area contributed by atoms with Gasteiger partial charge in [-0.05, 0) is 42.9 Å². The fourth-order valence-electron chi connectivity index (χ4n) is 1.85. The summed E-state index contributed by atoms with van der Waals surface area (Å²) in [4.78, 5) is 10.9. The van der Waals surface area contributed by atoms with Crippen molar-refractivity contribution in [3.05, 3.63) is 34.9 Å². The molecule has 1 rings (SSSR count). The van der Waals surface area contributed by atoms with Gasteiger partial charge in [-0.3, -0.25) is 4.79 Å². The van der Waals surface area contributed by atoms with Crippen LogP contribution in [-0.2, 0) is 4.79 Å². The van der Waals surface area contributed by atoms with Crippen molar-refractivity contribution in [2.24, 2.45) is 0 Å². The monoisotopic (exact) mass is 331 g/mol. The Hall–Kier alpha value is -0.540. The summed E-state index contributed by atoms with van der Waals surface area (Å²) in [5, 5.41) is 3.60. The maximum Gasteiger partial charge on any atom is 0.217 e. The number of halogens is 2. The summed E-state index contributed by atoms with van der Waals surface area (Å²) >= 11 is 9.31. The van der Waals surface area contributed by atoms with E-state index in [9.17, 15) is 4.79 Å². The number of carbonyl (C=O) groups excluding carboxylic acids is 1. The van der Waals surface area contributed by atoms with E-state index < -0.39 is 0 Å². The summed E-state index contributed by atoms with van der Waals surface area (Å²) in [5.41, 5.74) is 1.31. The van der Waals surface area contributed by atoms with Crippen LogP contribution in [0.3, 0.4) is 0 Å². The lowest BCUT2D eigenvalue weighted by Gasteiger charge is -2.14. The average Bonchev–Trinajstić information content (AvgIpc) is 2.28. The number of rotatable bonds is 6. The van der Waals surface area contributed by atoms with Gasteiger partial charge in [0.25, 0.3) is 0 Å². The number of hydrogen-bond acceptors (Lipinski definition) is 1. The zero-order chi connectivity index (χ0) is 13.5. The molecule has 0 aliphatic heterocycles. The van der Waals surface area contributed by atoms with Crippen molar-refractivity contribution in [1.29, 1.82) is 0 Å². The van der Waals surface area contributed by atoms with Crippen LogP contribution < -0.4 is 5.32 Å². The smallest absolute Gasteiger partial charge is 0.217 e. The first-order chi connectivity index (χ1) is 8.49. The second kappa shape index (κ2) is 7.80. The van der Waals surface area contributed by atoms with E-state index in [0.29, 0.717) is 5.92 Å². The molecule has 0 spiro atoms. The molecule has 0 fully saturated rings. The highest BCUT2D eigenvalue weighted by molar-refractivity contribution is 9.09. The first-order valence-electron chi connectivity index (χ1n) is 6.15. The predicted molar refractivity (Wildman–Crippen MR) is 80.2 cm³/mol. The van der Waals surface area contributed by atoms with Gasteiger partial charge in [0.2, 0.25) is 5.91 Å². The fraction of sp³-hybridized carbons (Fsp3) is 0.500. The third-order valence-electron chi connectivity index (χ3n) is 2.89. The molecule has 0 bridgehead atoms. The summed E-state index contributed by atoms with van der Waals surface area (Å²) in [7, 11) is 0. The van der Waals surface area contributed by atoms with Crippen LogP contribution in [0, 0.1) is 0 Å². The van der Waals surface area contributed by atoms with Crippen LogP contribution in [0.2, 0.25) is 5.02 Å². The molecule has 2 unspecified atom stereocenters. The summed E-state index contributed by atoms with van der Waals surface area (Å²) in [6.45, 7) is 3.75. The van der Waals surface area contributed by atoms with Crippen LogP contribution >= 0.6 is 27.5 Å². The molecule has 0 saturated carbocycles. The molecule has 0 aliphatic rings. The third kappa shape index (κ3) is 5.87. The number of carbonyl (C=O) groups is 1. The average molecular weight is 333 g/mol. The lowest BCUT2D eigenvalue weighted by molar-refractivity contribution is -0.119. The highest BCUT2D eigenvalue weighted by atomic mass is 79.9. The van der Waals surface area contributed by atoms with Gasteiger partial charge in [-0.1, -0.05) is 46.6 Å². The molecular formula is C14H19BrClNO. The Morgan fingerprint density at radius 2 is 1.94 bits per heavy atom. The Bertz CT molecular complexity index is 380. The molecule has 0 aliphatic carbocycles. The van der Waals surface area contributed by atoms with Crippen LogP contribution in [0.1, 0.15) is 44.6 Å². The molecule has 0 radical (unpaired) electrons. The highest BCUT2D eigenvalue weighted by Gasteiger charge is 2.08. The molecule has 1 aromatic carbocycles. The molecule has 100 valence electrons. The Morgan fingerprint density at radius 3 is 2.50 bits per heavy atom. The van der Waals surface area contributed by atoms with Gasteiger partial charge < -0.3 is 5.32 Å². The van der Waals surface area contributed by atoms with Crippen LogP contribution in [0.15, 0.2) is 24.3 Å². The molecule has 18 heavy (non-hydrogen) atoms. The normalized spacial score (nSPS) is 14.0. The predicted octanol–water partition coefficient (Wildman–Crippen LogP) is 4.47. The summed E-state index contributed by atoms with van der Waals surface area (Å²) < 4.78 is 0. The molecule has 4 heteroatoms. The standard InChI is InChI=1S/C14H19BrClNO/c1-10(12-6-8-13(16)9-7-12)4-3-5-14(15)17-11(2)18/h6-10,14H,3-5H2,1-2H3,(H,17,18). The molecule has 0 aromatic heterocycles. The summed E-state index contributed by atoms with van der Waals surface area (Å²) in [6, 6.07) is 8.01. The lowest BCUT2D eigenvalue weighted by atomic mass is 9.95. The van der Waals surface area contributed by atoms with E-state index in [4.69, 9.17) is 11.6 Å². The van der Waals surface area contributed by atoms with Crippen LogP contribution in [-0.4, -0.2) is 10.9 Å². The van der Waals surface area contributed by atoms with Crippen molar-refractivity contribution >= 4 is 33.4 Å². The van der Waals surface area contributed by atoms with E-state index in [-0.39, 0.29) is 10.9 Å². The van der Waals surface area contributed by atoms with E-state index in [1.807, 2.05) is 12.1 Å². The van der Waals surface area contributed by atoms with Crippen molar-refractivity contribution in [3.63, 3.8) is 0 Å². The van der Waals surface area contributed by atoms with Crippen molar-refractivity contribution < 1.29 is 4.79 Å². The Kier molecular flexibility index (Phi) is 6.72. The number of hydrogen-bond donors (Lipinski definition) is 1. The van der Waals surface area contributed by atoms with Crippen molar-refractivity contribution in [3.8, 4) is 0 Å². The van der Waals surface area contributed by atoms with Gasteiger partial charge in [0.1, 0.15) is 0 Å². The molecular weight excluding hydrogens is 314 g/mol. The SMILES string of the molecule is CC(=O)NC(Br)CCCC(C)c1ccc(Cl)cc1. The van der Waals surface area contributed by atoms with Gasteiger partial charge in [0.15, 0.2) is 0 Å². The lowest BCUT2D eigenvalue weighted by Crippen LogP contribution is -2.27. The largest absolute Gasteiger partial charge is 0.344 e. The van der Waals surface area contributed by atoms with Crippen molar-refractivity contribution in [2.75, 3.05) is 0 Å². The van der Waals surface area contributed by atoms with Crippen molar-refractivity contribution in [1.82, 2.24) is 5.32 Å². The molecule has 1 N–H and O–H groups in total. The van der Waals surface area contributed by atoms with Crippen LogP contribution in [0.4, 0.5) is 0 Å². The zero-order valence-corrected chi connectivity index (χ0v) is 13.1. The van der Waals surface area contributed by atoms with E-state index in [1.54, 1.807) is 0 Å². The van der Waals surface area contributed by atoms with E-state index in [0.717, 1.165) is 24.3 Å². The second-order valence-corrected chi connectivity index (χ2v) is 6.09. The number of amides is 1. The minimum atomic E-state index is 0.00243. The number of benzene rings is 1. The quantitative estimate of drug-likeness (QED) is 0.604. The third-order valence-corrected chi connectivity index (χ3v) is 3.83. The second-order valence-electron chi connectivity index (χ2n) is 4.55. The van der Waals surface area contributed by atoms with Gasteiger partial charge in [-0.15, -0.1) is 0 Å². The zero-order valence-electron chi connectivity index (χ0n) is 10.7. The fourth-order valence-corrected chi connectivity index (χ4v) is 2.63. The first-order valence-corrected chi connectivity index (χ1v) is 7.45. The van der Waals surface area contributed by atoms with Gasteiger partial charge in [-0.2, -0.15) is 0 Å². The van der Waals surface area contributed by atoms with E-state index in [2.05, 4.69) is 40.3 Å². The summed E-state index contributed by atoms with van der Waals surface area (Å²) in [6.07, 6.45) is 3.11. The maximum atomic E-state index is 10.9. The Morgan fingerprint density at radius 1 is 1.33 bits per heavy atom. The Balaban J connectivity index is 2.31. The molecule has 1 amide bonds. The van der Waals surface area contributed by atoms with E-state index >= 15 is 0 Å². The van der Waals surface area contributed by atoms with Gasteiger partial charge in [0, 0.05) is 11.9 Å². The van der Waals surface area contributed by atoms with Gasteiger partial charge >= 0.3 is 0 Å². The van der Waals surface area contributed by atoms with Gasteiger partial charge in [-0.25, -0.2) is 0 Å². The highest BCUT2D eigenvalue weighted by Crippen LogP contribution is 2.23. The molecule has 0 saturated heterocycles. The molecule has 1 aromatic rings. The molecule has 2 atom stereocenters. The first kappa shape index (κ1) is 15.5. The van der Waals surface area contributed by atoms with Crippen molar-refractivity contribution in [2.45, 2.75) is 44.0 Å². The number of alkyl halides is 1. The van der Waals surface area contributed by atoms with Gasteiger partial charge in [0.05, 0.1) is 4.95 Å². The molecule has 0 heterocycles. The maximum absolute atomic E-state index is 10.9. The minimum absolute atomic E-state index is 0.00243. The van der Waals surface area contributed by atoms with Crippen LogP contribution in [0.25, 0.3) is 0 Å². The minimum Gasteiger partial charge on any atom is -0.344 e. The molecule has 2 nitrogen and oxygen atoms in total. The van der Waals surface area contributed by atoms with E-state index in [1.165, 1.54) is 12.5 Å². The van der Waals surface area contributed by atoms with Crippen LogP contribution in [0.5, 0.6) is 0 Å². The number of nitrogens with one attached hydrogen (secondary N) is 1.